The first-order valence-electron chi connectivity index (χ1n) is 3.12. The smallest absolute Gasteiger partial charge is 0 e. The fourth-order valence-electron chi connectivity index (χ4n) is 0. The summed E-state index contributed by atoms with van der Waals surface area (Å²) in [7, 11) is 0. The van der Waals surface area contributed by atoms with Gasteiger partial charge in [-0.25, -0.2) is 0 Å². The molecular weight excluding hydrogens is 3000 g/mol. The van der Waals surface area contributed by atoms with E-state index >= 15 is 0 Å². The van der Waals surface area contributed by atoms with Crippen molar-refractivity contribution < 1.29 is 0 Å². The van der Waals surface area contributed by atoms with E-state index in [2.05, 4.69) is 20.8 Å². The van der Waals surface area contributed by atoms with Crippen molar-refractivity contribution in [2.45, 2.75) is 71.8 Å². The third-order valence-electron chi connectivity index (χ3n) is 0. The zero-order valence-corrected chi connectivity index (χ0v) is 46.6. The summed E-state index contributed by atoms with van der Waals surface area (Å²) in [5.41, 5.74) is 0. The van der Waals surface area contributed by atoms with Crippen LogP contribution in [0, 0.1) is 72.8 Å². The third kappa shape index (κ3) is 45.4. The Kier molecular flexibility index (Phi) is 242. The molecule has 262 valence electrons. The number of hydrogen-bond donors (Lipinski definition) is 0. The minimum absolute atomic E-state index is 0. The standard InChI is InChI=1S/C2H6.3C2H5.5CH4.7CH3.11Cf/c4*1-2;;;;;;;;;;;;;;;;;;;;;;;/h1-2H3;3*1H2,2H3;5*1H4;7*1H3;;;;;;;;;;;/q;3*-1;;;;;;7*-1;;;;;;;;;;;. The van der Waals surface area contributed by atoms with Crippen LogP contribution in [0.25, 0.3) is 0 Å². The Bertz CT molecular complexity index is 29.1. The van der Waals surface area contributed by atoms with Crippen LogP contribution >= 0.6 is 0 Å². The van der Waals surface area contributed by atoms with E-state index in [0.29, 0.717) is 0 Å². The van der Waals surface area contributed by atoms with Crippen molar-refractivity contribution in [1.29, 1.82) is 0 Å². The van der Waals surface area contributed by atoms with Gasteiger partial charge in [-0.2, -0.15) is 20.8 Å². The average molecular weight is 3060 g/mol. The summed E-state index contributed by atoms with van der Waals surface area (Å²) in [6, 6.07) is 0. The molecule has 11 heteroatoms. The topological polar surface area (TPSA) is 0 Å². The molecule has 0 radical (unpaired) electrons. The van der Waals surface area contributed by atoms with E-state index in [0.717, 1.165) is 0 Å². The minimum Gasteiger partial charge on any atom is -0.358 e. The molecule has 0 rings (SSSR count). The van der Waals surface area contributed by atoms with Gasteiger partial charge in [0.2, 0.25) is 0 Å². The van der Waals surface area contributed by atoms with E-state index in [9.17, 15) is 0 Å². The monoisotopic (exact) mass is 3040 g/mol. The van der Waals surface area contributed by atoms with Gasteiger partial charge in [-0.05, 0) is 0 Å². The summed E-state index contributed by atoms with van der Waals surface area (Å²) in [4.78, 5) is 0. The SMILES string of the molecule is C.C.C.C.C.CC.[CH2-]C.[CH2-]C.[CH2-]C.[CH3-].[CH3-].[CH3-].[CH3-].[CH3-].[CH3-].[CH3-].[Cf].[Cf].[Cf].[Cf].[Cf].[Cf].[Cf].[Cf].[Cf].[Cf].[Cf]. The molecule has 0 unspecified atom stereocenters. The van der Waals surface area contributed by atoms with Gasteiger partial charge in [0.25, 0.3) is 0 Å². The van der Waals surface area contributed by atoms with E-state index in [4.69, 9.17) is 0 Å². The van der Waals surface area contributed by atoms with E-state index in [-0.39, 0.29) is 89.1 Å². The van der Waals surface area contributed by atoms with Crippen molar-refractivity contribution in [2.24, 2.45) is 0 Å². The molecule has 0 atom stereocenters. The van der Waals surface area contributed by atoms with Gasteiger partial charge in [-0.3, -0.25) is 0 Å². The Morgan fingerprint density at radius 3 is 0.226 bits per heavy atom. The Morgan fingerprint density at radius 1 is 0.226 bits per heavy atom. The van der Waals surface area contributed by atoms with Gasteiger partial charge in [0, 0.05) is 0 Å². The van der Waals surface area contributed by atoms with Crippen molar-refractivity contribution in [3.8, 4) is 0 Å². The summed E-state index contributed by atoms with van der Waals surface area (Å²) in [5, 5.41) is 0. The normalized spacial score (nSPS) is 0.774. The van der Waals surface area contributed by atoms with Gasteiger partial charge in [0.05, 0.1) is 0 Å². The fraction of sp³-hybridized carbons (Fsp3) is 0.500. The van der Waals surface area contributed by atoms with Crippen molar-refractivity contribution >= 4 is 0 Å². The van der Waals surface area contributed by atoms with Crippen LogP contribution in [0.1, 0.15) is 71.8 Å². The maximum Gasteiger partial charge on any atom is 0 e. The quantitative estimate of drug-likeness (QED) is 0.212. The first kappa shape index (κ1) is 147. The van der Waals surface area contributed by atoms with Crippen LogP contribution in [0.5, 0.6) is 0 Å². The van der Waals surface area contributed by atoms with Gasteiger partial charge in [-0.15, -0.1) is 0 Å². The molecule has 0 amide bonds. The molecular formula is C20H62Cf11-10. The molecule has 0 N–H and O–H groups in total. The molecule has 0 spiro atoms. The molecule has 0 heterocycles. The second-order valence-corrected chi connectivity index (χ2v) is 0. The van der Waals surface area contributed by atoms with E-state index in [1.165, 1.54) is 0 Å². The summed E-state index contributed by atoms with van der Waals surface area (Å²) in [5.74, 6) is 0. The summed E-state index contributed by atoms with van der Waals surface area (Å²) in [6.07, 6.45) is 0. The molecule has 0 aromatic rings. The molecule has 31 heavy (non-hydrogen) atoms. The first-order chi connectivity index (χ1) is 4.00. The molecule has 0 aliphatic heterocycles. The van der Waals surface area contributed by atoms with Crippen LogP contribution in [0.15, 0.2) is 0 Å². The first-order valence-corrected chi connectivity index (χ1v) is 3.12. The molecule has 0 saturated carbocycles. The van der Waals surface area contributed by atoms with Crippen LogP contribution in [-0.4, -0.2) is 0 Å². The molecule has 0 aliphatic rings. The molecule has 0 aromatic heterocycles. The minimum atomic E-state index is 0. The summed E-state index contributed by atoms with van der Waals surface area (Å²) < 4.78 is 0. The Labute approximate surface area is 145 Å². The third-order valence-corrected chi connectivity index (χ3v) is 0. The van der Waals surface area contributed by atoms with Crippen molar-refractivity contribution in [2.75, 3.05) is 0 Å². The summed E-state index contributed by atoms with van der Waals surface area (Å²) >= 11 is 0. The van der Waals surface area contributed by atoms with Crippen molar-refractivity contribution in [3.05, 3.63) is 72.8 Å². The number of hydrogen-bond acceptors (Lipinski definition) is 0. The predicted octanol–water partition coefficient (Wildman–Crippen LogP) is 9.88. The second kappa shape index (κ2) is 50.9. The fourth-order valence-corrected chi connectivity index (χ4v) is 0. The summed E-state index contributed by atoms with van der Waals surface area (Å²) in [6.45, 7) is 19.0. The van der Waals surface area contributed by atoms with E-state index in [1.807, 2.05) is 13.8 Å². The van der Waals surface area contributed by atoms with Gasteiger partial charge in [0.1, 0.15) is 0 Å². The Morgan fingerprint density at radius 2 is 0.226 bits per heavy atom. The molecule has 0 saturated heterocycles. The second-order valence-electron chi connectivity index (χ2n) is 0. The molecule has 0 bridgehead atoms. The van der Waals surface area contributed by atoms with E-state index in [1.54, 1.807) is 20.8 Å². The molecule has 0 aromatic carbocycles. The largest absolute Gasteiger partial charge is 0.358 e. The molecule has 0 nitrogen and oxygen atoms in total. The van der Waals surface area contributed by atoms with Gasteiger partial charge in [-0.1, -0.05) is 51.0 Å². The maximum absolute atomic E-state index is 3.25. The Balaban J connectivity index is -0.000000000221. The van der Waals surface area contributed by atoms with Crippen LogP contribution in [0.2, 0.25) is 0 Å². The van der Waals surface area contributed by atoms with Gasteiger partial charge < -0.3 is 72.8 Å². The number of rotatable bonds is 0. The van der Waals surface area contributed by atoms with Crippen LogP contribution in [0.3, 0.4) is 0 Å². The predicted molar refractivity (Wildman–Crippen MR) is 123 cm³/mol. The van der Waals surface area contributed by atoms with Crippen molar-refractivity contribution in [1.82, 2.24) is 0 Å². The van der Waals surface area contributed by atoms with Gasteiger partial charge in [0.15, 0.2) is 0 Å². The van der Waals surface area contributed by atoms with Crippen LogP contribution in [0.4, 0.5) is 0 Å². The molecule has 0 aliphatic carbocycles. The zero-order valence-electron chi connectivity index (χ0n) is 17.6. The maximum atomic E-state index is 3.25. The van der Waals surface area contributed by atoms with Crippen LogP contribution < -0.4 is 0 Å². The van der Waals surface area contributed by atoms with Gasteiger partial charge >= 0.3 is 0 Å². The Hall–Kier alpha value is -11.0. The van der Waals surface area contributed by atoms with Crippen LogP contribution in [-0.2, 0) is 0 Å². The zero-order chi connectivity index (χ0) is 8.00. The van der Waals surface area contributed by atoms with E-state index < -0.39 is 0 Å². The van der Waals surface area contributed by atoms with Crippen molar-refractivity contribution in [3.63, 3.8) is 0 Å². The molecule has 0 fully saturated rings. The average Bonchev–Trinajstić information content (AvgIpc) is 2.03.